The zero-order chi connectivity index (χ0) is 13.8. The summed E-state index contributed by atoms with van der Waals surface area (Å²) < 4.78 is 0. The molecule has 1 aliphatic heterocycles. The fourth-order valence-corrected chi connectivity index (χ4v) is 2.83. The van der Waals surface area contributed by atoms with Gasteiger partial charge in [0.1, 0.15) is 0 Å². The Kier molecular flexibility index (Phi) is 4.59. The average molecular weight is 260 g/mol. The molecule has 1 aromatic carbocycles. The van der Waals surface area contributed by atoms with Gasteiger partial charge < -0.3 is 9.80 Å². The Hall–Kier alpha value is -1.35. The molecule has 2 rings (SSSR count). The Morgan fingerprint density at radius 1 is 1.32 bits per heavy atom. The first kappa shape index (κ1) is 14.1. The van der Waals surface area contributed by atoms with E-state index in [-0.39, 0.29) is 5.78 Å². The van der Waals surface area contributed by atoms with Gasteiger partial charge in [-0.1, -0.05) is 6.92 Å². The second-order valence-electron chi connectivity index (χ2n) is 5.58. The largest absolute Gasteiger partial charge is 0.367 e. The molecule has 0 aliphatic carbocycles. The second kappa shape index (κ2) is 6.20. The molecular formula is C16H24N2O. The number of hydrogen-bond acceptors (Lipinski definition) is 3. The monoisotopic (exact) mass is 260 g/mol. The van der Waals surface area contributed by atoms with Gasteiger partial charge in [-0.15, -0.1) is 0 Å². The van der Waals surface area contributed by atoms with Gasteiger partial charge >= 0.3 is 0 Å². The summed E-state index contributed by atoms with van der Waals surface area (Å²) in [6.07, 6.45) is 3.09. The summed E-state index contributed by atoms with van der Waals surface area (Å²) in [6.45, 7) is 4.12. The van der Waals surface area contributed by atoms with Crippen molar-refractivity contribution >= 4 is 11.5 Å². The molecule has 1 saturated heterocycles. The summed E-state index contributed by atoms with van der Waals surface area (Å²) in [5.74, 6) is 0.220. The van der Waals surface area contributed by atoms with Crippen molar-refractivity contribution in [1.82, 2.24) is 4.90 Å². The first-order valence-electron chi connectivity index (χ1n) is 7.16. The molecule has 3 nitrogen and oxygen atoms in total. The maximum atomic E-state index is 11.6. The molecule has 1 aliphatic rings. The summed E-state index contributed by atoms with van der Waals surface area (Å²) in [5.41, 5.74) is 2.08. The molecule has 0 saturated carbocycles. The van der Waals surface area contributed by atoms with Gasteiger partial charge in [0.25, 0.3) is 0 Å². The lowest BCUT2D eigenvalue weighted by atomic mass is 10.1. The molecule has 3 heteroatoms. The third kappa shape index (κ3) is 3.35. The predicted molar refractivity (Wildman–Crippen MR) is 80.0 cm³/mol. The van der Waals surface area contributed by atoms with Gasteiger partial charge in [0.15, 0.2) is 5.78 Å². The van der Waals surface area contributed by atoms with Crippen LogP contribution in [0.2, 0.25) is 0 Å². The Balaban J connectivity index is 2.10. The van der Waals surface area contributed by atoms with Crippen LogP contribution in [0.25, 0.3) is 0 Å². The van der Waals surface area contributed by atoms with Crippen LogP contribution in [0.5, 0.6) is 0 Å². The Bertz CT molecular complexity index is 425. The molecule has 0 spiro atoms. The van der Waals surface area contributed by atoms with E-state index in [1.54, 1.807) is 0 Å². The maximum absolute atomic E-state index is 11.6. The number of anilines is 1. The van der Waals surface area contributed by atoms with Crippen molar-refractivity contribution in [2.75, 3.05) is 32.1 Å². The van der Waals surface area contributed by atoms with Crippen LogP contribution in [0.4, 0.5) is 5.69 Å². The van der Waals surface area contributed by atoms with Gasteiger partial charge in [0.2, 0.25) is 0 Å². The van der Waals surface area contributed by atoms with Crippen LogP contribution in [0.15, 0.2) is 24.3 Å². The number of Topliss-reactive ketones (excluding diaryl/α,β-unsaturated/α-hetero) is 1. The minimum atomic E-state index is 0.220. The molecule has 1 heterocycles. The molecule has 1 aromatic rings. The first-order valence-corrected chi connectivity index (χ1v) is 7.16. The van der Waals surface area contributed by atoms with Crippen LogP contribution in [0, 0.1) is 0 Å². The Labute approximate surface area is 116 Å². The molecular weight excluding hydrogens is 236 g/mol. The lowest BCUT2D eigenvalue weighted by Gasteiger charge is -2.29. The van der Waals surface area contributed by atoms with Crippen LogP contribution >= 0.6 is 0 Å². The van der Waals surface area contributed by atoms with E-state index in [4.69, 9.17) is 0 Å². The predicted octanol–water partition coefficient (Wildman–Crippen LogP) is 2.81. The molecule has 19 heavy (non-hydrogen) atoms. The molecule has 0 aromatic heterocycles. The van der Waals surface area contributed by atoms with Crippen molar-refractivity contribution in [3.05, 3.63) is 29.8 Å². The van der Waals surface area contributed by atoms with Crippen LogP contribution in [0.3, 0.4) is 0 Å². The fourth-order valence-electron chi connectivity index (χ4n) is 2.83. The summed E-state index contributed by atoms with van der Waals surface area (Å²) >= 11 is 0. The number of carbonyl (C=O) groups is 1. The van der Waals surface area contributed by atoms with Crippen LogP contribution < -0.4 is 4.90 Å². The van der Waals surface area contributed by atoms with E-state index in [2.05, 4.69) is 36.0 Å². The number of hydrogen-bond donors (Lipinski definition) is 0. The SMILES string of the molecule is CCC(=O)c1ccc(N2CCCC2CN(C)C)cc1. The maximum Gasteiger partial charge on any atom is 0.162 e. The van der Waals surface area contributed by atoms with E-state index in [0.717, 1.165) is 18.7 Å². The molecule has 104 valence electrons. The summed E-state index contributed by atoms with van der Waals surface area (Å²) in [7, 11) is 4.25. The van der Waals surface area contributed by atoms with Gasteiger partial charge in [0.05, 0.1) is 0 Å². The molecule has 1 atom stereocenters. The number of likely N-dealkylation sites (N-methyl/N-ethyl adjacent to an activating group) is 1. The van der Waals surface area contributed by atoms with Crippen LogP contribution in [-0.4, -0.2) is 43.9 Å². The fraction of sp³-hybridized carbons (Fsp3) is 0.562. The zero-order valence-corrected chi connectivity index (χ0v) is 12.2. The summed E-state index contributed by atoms with van der Waals surface area (Å²) in [5, 5.41) is 0. The van der Waals surface area contributed by atoms with Crippen molar-refractivity contribution in [1.29, 1.82) is 0 Å². The van der Waals surface area contributed by atoms with E-state index in [1.165, 1.54) is 18.5 Å². The number of ketones is 1. The zero-order valence-electron chi connectivity index (χ0n) is 12.2. The Morgan fingerprint density at radius 3 is 2.58 bits per heavy atom. The standard InChI is InChI=1S/C16H24N2O/c1-4-16(19)13-7-9-14(10-8-13)18-11-5-6-15(18)12-17(2)3/h7-10,15H,4-6,11-12H2,1-3H3. The molecule has 0 radical (unpaired) electrons. The lowest BCUT2D eigenvalue weighted by molar-refractivity contribution is 0.0988. The quantitative estimate of drug-likeness (QED) is 0.761. The van der Waals surface area contributed by atoms with Gasteiger partial charge in [-0.2, -0.15) is 0 Å². The van der Waals surface area contributed by atoms with E-state index >= 15 is 0 Å². The van der Waals surface area contributed by atoms with E-state index < -0.39 is 0 Å². The van der Waals surface area contributed by atoms with Crippen LogP contribution in [-0.2, 0) is 0 Å². The average Bonchev–Trinajstić information content (AvgIpc) is 2.85. The third-order valence-electron chi connectivity index (χ3n) is 3.80. The van der Waals surface area contributed by atoms with Crippen molar-refractivity contribution < 1.29 is 4.79 Å². The smallest absolute Gasteiger partial charge is 0.162 e. The minimum absolute atomic E-state index is 0.220. The molecule has 0 N–H and O–H groups in total. The highest BCUT2D eigenvalue weighted by Gasteiger charge is 2.25. The number of benzene rings is 1. The topological polar surface area (TPSA) is 23.6 Å². The van der Waals surface area contributed by atoms with Gasteiger partial charge in [0, 0.05) is 36.8 Å². The van der Waals surface area contributed by atoms with Crippen LogP contribution in [0.1, 0.15) is 36.5 Å². The number of carbonyl (C=O) groups excluding carboxylic acids is 1. The highest BCUT2D eigenvalue weighted by atomic mass is 16.1. The molecule has 0 amide bonds. The first-order chi connectivity index (χ1) is 9.11. The highest BCUT2D eigenvalue weighted by molar-refractivity contribution is 5.96. The highest BCUT2D eigenvalue weighted by Crippen LogP contribution is 2.26. The van der Waals surface area contributed by atoms with Crippen molar-refractivity contribution in [2.24, 2.45) is 0 Å². The molecule has 1 unspecified atom stereocenters. The molecule has 1 fully saturated rings. The van der Waals surface area contributed by atoms with Gasteiger partial charge in [-0.3, -0.25) is 4.79 Å². The number of nitrogens with zero attached hydrogens (tertiary/aromatic N) is 2. The third-order valence-corrected chi connectivity index (χ3v) is 3.80. The van der Waals surface area contributed by atoms with Gasteiger partial charge in [-0.25, -0.2) is 0 Å². The molecule has 0 bridgehead atoms. The normalized spacial score (nSPS) is 19.2. The van der Waals surface area contributed by atoms with E-state index in [1.807, 2.05) is 19.1 Å². The Morgan fingerprint density at radius 2 is 2.00 bits per heavy atom. The van der Waals surface area contributed by atoms with Crippen molar-refractivity contribution in [3.63, 3.8) is 0 Å². The summed E-state index contributed by atoms with van der Waals surface area (Å²) in [6, 6.07) is 8.72. The van der Waals surface area contributed by atoms with E-state index in [9.17, 15) is 4.79 Å². The summed E-state index contributed by atoms with van der Waals surface area (Å²) in [4.78, 5) is 16.4. The van der Waals surface area contributed by atoms with E-state index in [0.29, 0.717) is 12.5 Å². The number of rotatable bonds is 5. The van der Waals surface area contributed by atoms with Crippen molar-refractivity contribution in [2.45, 2.75) is 32.2 Å². The van der Waals surface area contributed by atoms with Crippen molar-refractivity contribution in [3.8, 4) is 0 Å². The van der Waals surface area contributed by atoms with Gasteiger partial charge in [-0.05, 0) is 51.2 Å². The second-order valence-corrected chi connectivity index (χ2v) is 5.58. The lowest BCUT2D eigenvalue weighted by Crippen LogP contribution is -2.37. The minimum Gasteiger partial charge on any atom is -0.367 e.